The van der Waals surface area contributed by atoms with Crippen molar-refractivity contribution in [1.29, 1.82) is 0 Å². The van der Waals surface area contributed by atoms with Crippen LogP contribution in [-0.2, 0) is 0 Å². The number of aromatic nitrogens is 2. The molecule has 24 heavy (non-hydrogen) atoms. The van der Waals surface area contributed by atoms with Crippen LogP contribution in [0.4, 0.5) is 8.78 Å². The van der Waals surface area contributed by atoms with Gasteiger partial charge < -0.3 is 0 Å². The molecule has 120 valence electrons. The summed E-state index contributed by atoms with van der Waals surface area (Å²) in [6.07, 6.45) is 0.858. The second-order valence-corrected chi connectivity index (χ2v) is 4.78. The van der Waals surface area contributed by atoms with Gasteiger partial charge in [0.25, 0.3) is 11.5 Å². The van der Waals surface area contributed by atoms with Gasteiger partial charge in [0.05, 0.1) is 17.2 Å². The van der Waals surface area contributed by atoms with E-state index in [2.05, 4.69) is 20.7 Å². The van der Waals surface area contributed by atoms with E-state index in [0.717, 1.165) is 18.3 Å². The molecule has 0 unspecified atom stereocenters. The van der Waals surface area contributed by atoms with Crippen molar-refractivity contribution < 1.29 is 13.6 Å². The first-order chi connectivity index (χ1) is 11.6. The monoisotopic (exact) mass is 328 g/mol. The van der Waals surface area contributed by atoms with E-state index in [1.54, 1.807) is 24.3 Å². The summed E-state index contributed by atoms with van der Waals surface area (Å²) in [6, 6.07) is 9.78. The van der Waals surface area contributed by atoms with Gasteiger partial charge in [-0.2, -0.15) is 10.2 Å². The van der Waals surface area contributed by atoms with Crippen molar-refractivity contribution in [3.63, 3.8) is 0 Å². The van der Waals surface area contributed by atoms with Crippen molar-refractivity contribution in [2.45, 2.75) is 0 Å². The number of benzene rings is 2. The summed E-state index contributed by atoms with van der Waals surface area (Å²) in [5, 5.41) is 10.1. The molecule has 0 atom stereocenters. The van der Waals surface area contributed by atoms with E-state index in [0.29, 0.717) is 10.8 Å². The fraction of sp³-hybridized carbons (Fsp3) is 0. The molecule has 0 radical (unpaired) electrons. The molecule has 2 N–H and O–H groups in total. The Morgan fingerprint density at radius 3 is 2.46 bits per heavy atom. The summed E-state index contributed by atoms with van der Waals surface area (Å²) in [4.78, 5) is 23.8. The summed E-state index contributed by atoms with van der Waals surface area (Å²) < 4.78 is 26.9. The number of rotatable bonds is 3. The number of H-pyrrole nitrogens is 1. The second-order valence-electron chi connectivity index (χ2n) is 4.78. The maximum atomic E-state index is 13.5. The summed E-state index contributed by atoms with van der Waals surface area (Å²) in [6.45, 7) is 0. The molecule has 0 bridgehead atoms. The average molecular weight is 328 g/mol. The molecular formula is C16H10F2N4O2. The first-order valence-electron chi connectivity index (χ1n) is 6.83. The third-order valence-corrected chi connectivity index (χ3v) is 3.27. The van der Waals surface area contributed by atoms with E-state index in [1.807, 2.05) is 0 Å². The largest absolute Gasteiger partial charge is 0.292 e. The lowest BCUT2D eigenvalue weighted by molar-refractivity contribution is 0.0951. The average Bonchev–Trinajstić information content (AvgIpc) is 2.58. The van der Waals surface area contributed by atoms with Crippen molar-refractivity contribution in [3.8, 4) is 0 Å². The summed E-state index contributed by atoms with van der Waals surface area (Å²) in [7, 11) is 0. The third-order valence-electron chi connectivity index (χ3n) is 3.27. The van der Waals surface area contributed by atoms with Gasteiger partial charge in [0.15, 0.2) is 5.69 Å². The van der Waals surface area contributed by atoms with Crippen LogP contribution in [0.3, 0.4) is 0 Å². The minimum absolute atomic E-state index is 0.0589. The van der Waals surface area contributed by atoms with Crippen LogP contribution in [0.5, 0.6) is 0 Å². The van der Waals surface area contributed by atoms with Crippen LogP contribution >= 0.6 is 0 Å². The Bertz CT molecular complexity index is 994. The van der Waals surface area contributed by atoms with Crippen molar-refractivity contribution >= 4 is 22.9 Å². The predicted molar refractivity (Wildman–Crippen MR) is 83.8 cm³/mol. The quantitative estimate of drug-likeness (QED) is 0.569. The second kappa shape index (κ2) is 6.37. The Morgan fingerprint density at radius 1 is 1.08 bits per heavy atom. The number of carbonyl (C=O) groups is 1. The lowest BCUT2D eigenvalue weighted by Crippen LogP contribution is -2.22. The van der Waals surface area contributed by atoms with Gasteiger partial charge in [-0.1, -0.05) is 24.3 Å². The molecule has 2 aromatic carbocycles. The third kappa shape index (κ3) is 2.89. The van der Waals surface area contributed by atoms with E-state index in [1.165, 1.54) is 6.07 Å². The highest BCUT2D eigenvalue weighted by Gasteiger charge is 2.13. The molecule has 0 aliphatic heterocycles. The maximum Gasteiger partial charge on any atom is 0.292 e. The zero-order valence-electron chi connectivity index (χ0n) is 12.1. The van der Waals surface area contributed by atoms with Gasteiger partial charge in [-0.25, -0.2) is 19.3 Å². The van der Waals surface area contributed by atoms with Crippen molar-refractivity contribution in [2.75, 3.05) is 0 Å². The first-order valence-corrected chi connectivity index (χ1v) is 6.83. The van der Waals surface area contributed by atoms with E-state index in [-0.39, 0.29) is 11.3 Å². The van der Waals surface area contributed by atoms with Crippen LogP contribution in [0.15, 0.2) is 52.4 Å². The van der Waals surface area contributed by atoms with Crippen LogP contribution in [0, 0.1) is 11.6 Å². The van der Waals surface area contributed by atoms with E-state index < -0.39 is 23.1 Å². The number of halogens is 2. The van der Waals surface area contributed by atoms with Crippen LogP contribution < -0.4 is 11.0 Å². The molecule has 1 amide bonds. The van der Waals surface area contributed by atoms with Crippen LogP contribution in [0.2, 0.25) is 0 Å². The van der Waals surface area contributed by atoms with Crippen molar-refractivity contribution in [2.24, 2.45) is 5.10 Å². The molecule has 3 aromatic rings. The van der Waals surface area contributed by atoms with Crippen LogP contribution in [0.1, 0.15) is 16.1 Å². The molecule has 6 nitrogen and oxygen atoms in total. The number of amides is 1. The molecule has 0 fully saturated rings. The summed E-state index contributed by atoms with van der Waals surface area (Å²) >= 11 is 0. The van der Waals surface area contributed by atoms with Gasteiger partial charge in [-0.15, -0.1) is 0 Å². The zero-order valence-corrected chi connectivity index (χ0v) is 12.1. The van der Waals surface area contributed by atoms with Gasteiger partial charge in [-0.3, -0.25) is 9.59 Å². The minimum atomic E-state index is -0.805. The fourth-order valence-electron chi connectivity index (χ4n) is 2.13. The van der Waals surface area contributed by atoms with Crippen molar-refractivity contribution in [3.05, 3.63) is 75.7 Å². The fourth-order valence-corrected chi connectivity index (χ4v) is 2.13. The highest BCUT2D eigenvalue weighted by molar-refractivity contribution is 6.04. The lowest BCUT2D eigenvalue weighted by Gasteiger charge is -2.03. The topological polar surface area (TPSA) is 87.2 Å². The number of hydrogen-bond acceptors (Lipinski definition) is 4. The van der Waals surface area contributed by atoms with Gasteiger partial charge >= 0.3 is 0 Å². The first kappa shape index (κ1) is 15.5. The Labute approximate surface area is 133 Å². The Balaban J connectivity index is 1.88. The number of nitrogens with zero attached hydrogens (tertiary/aromatic N) is 2. The molecule has 0 spiro atoms. The number of hydrogen-bond donors (Lipinski definition) is 2. The van der Waals surface area contributed by atoms with Gasteiger partial charge in [0.2, 0.25) is 0 Å². The minimum Gasteiger partial charge on any atom is -0.267 e. The van der Waals surface area contributed by atoms with Crippen LogP contribution in [-0.4, -0.2) is 22.3 Å². The molecule has 1 heterocycles. The number of nitrogens with one attached hydrogen (secondary N) is 2. The van der Waals surface area contributed by atoms with E-state index in [4.69, 9.17) is 0 Å². The number of fused-ring (bicyclic) bond motifs is 1. The Kier molecular flexibility index (Phi) is 4.11. The lowest BCUT2D eigenvalue weighted by atomic mass is 10.1. The summed E-state index contributed by atoms with van der Waals surface area (Å²) in [5.74, 6) is -2.34. The highest BCUT2D eigenvalue weighted by Crippen LogP contribution is 2.12. The molecule has 8 heteroatoms. The van der Waals surface area contributed by atoms with E-state index >= 15 is 0 Å². The van der Waals surface area contributed by atoms with Crippen LogP contribution in [0.25, 0.3) is 10.8 Å². The predicted octanol–water partition coefficient (Wildman–Crippen LogP) is 1.97. The molecule has 0 aliphatic rings. The standard InChI is InChI=1S/C16H10F2N4O2/c17-12-6-3-7-13(18)11(12)8-19-21-16(24)14-9-4-1-2-5-10(9)15(23)22-20-14/h1-8H,(H,21,24)(H,22,23)/b19-8-. The van der Waals surface area contributed by atoms with Gasteiger partial charge in [-0.05, 0) is 18.2 Å². The van der Waals surface area contributed by atoms with Gasteiger partial charge in [0.1, 0.15) is 11.6 Å². The molecule has 1 aromatic heterocycles. The van der Waals surface area contributed by atoms with Crippen molar-refractivity contribution in [1.82, 2.24) is 15.6 Å². The maximum absolute atomic E-state index is 13.5. The normalized spacial score (nSPS) is 11.1. The molecular weight excluding hydrogens is 318 g/mol. The Hall–Kier alpha value is -3.42. The number of aromatic amines is 1. The smallest absolute Gasteiger partial charge is 0.267 e. The molecule has 0 aliphatic carbocycles. The van der Waals surface area contributed by atoms with E-state index in [9.17, 15) is 18.4 Å². The Morgan fingerprint density at radius 2 is 1.75 bits per heavy atom. The summed E-state index contributed by atoms with van der Waals surface area (Å²) in [5.41, 5.74) is 1.26. The zero-order chi connectivity index (χ0) is 17.1. The number of hydrazone groups is 1. The number of carbonyl (C=O) groups excluding carboxylic acids is 1. The molecule has 0 saturated carbocycles. The SMILES string of the molecule is O=C(N/N=C\c1c(F)cccc1F)c1n[nH]c(=O)c2ccccc12. The highest BCUT2D eigenvalue weighted by atomic mass is 19.1. The molecule has 3 rings (SSSR count). The molecule has 0 saturated heterocycles. The van der Waals surface area contributed by atoms with Gasteiger partial charge in [0, 0.05) is 5.39 Å².